The summed E-state index contributed by atoms with van der Waals surface area (Å²) in [6.45, 7) is 2.12. The highest BCUT2D eigenvalue weighted by Crippen LogP contribution is 2.25. The minimum atomic E-state index is 0.0480. The van der Waals surface area contributed by atoms with Gasteiger partial charge in [0.05, 0.1) is 5.02 Å². The van der Waals surface area contributed by atoms with Crippen molar-refractivity contribution in [3.05, 3.63) is 27.7 Å². The third-order valence-corrected chi connectivity index (χ3v) is 3.44. The van der Waals surface area contributed by atoms with E-state index in [4.69, 9.17) is 11.6 Å². The third kappa shape index (κ3) is 4.54. The Balaban J connectivity index is 2.46. The van der Waals surface area contributed by atoms with Gasteiger partial charge in [0.2, 0.25) is 5.91 Å². The van der Waals surface area contributed by atoms with Crippen molar-refractivity contribution in [2.45, 2.75) is 32.6 Å². The molecule has 0 atom stereocenters. The van der Waals surface area contributed by atoms with Crippen molar-refractivity contribution in [3.63, 3.8) is 0 Å². The molecule has 4 heteroatoms. The van der Waals surface area contributed by atoms with Crippen molar-refractivity contribution in [3.8, 4) is 0 Å². The average Bonchev–Trinajstić information content (AvgIpc) is 2.24. The lowest BCUT2D eigenvalue weighted by molar-refractivity contribution is -0.116. The van der Waals surface area contributed by atoms with E-state index in [2.05, 4.69) is 28.2 Å². The van der Waals surface area contributed by atoms with Gasteiger partial charge in [0, 0.05) is 16.6 Å². The van der Waals surface area contributed by atoms with Crippen LogP contribution >= 0.6 is 27.5 Å². The molecular weight excluding hydrogens is 289 g/mol. The number of rotatable bonds is 5. The van der Waals surface area contributed by atoms with E-state index in [9.17, 15) is 4.79 Å². The van der Waals surface area contributed by atoms with Gasteiger partial charge in [-0.05, 0) is 40.5 Å². The van der Waals surface area contributed by atoms with Crippen LogP contribution in [0.1, 0.15) is 32.6 Å². The molecule has 0 heterocycles. The molecule has 0 saturated heterocycles. The summed E-state index contributed by atoms with van der Waals surface area (Å²) in [7, 11) is 0. The highest BCUT2D eigenvalue weighted by atomic mass is 79.9. The van der Waals surface area contributed by atoms with Crippen LogP contribution in [-0.4, -0.2) is 5.91 Å². The van der Waals surface area contributed by atoms with Gasteiger partial charge in [0.25, 0.3) is 0 Å². The second-order valence-corrected chi connectivity index (χ2v) is 4.90. The number of amides is 1. The highest BCUT2D eigenvalue weighted by molar-refractivity contribution is 9.10. The van der Waals surface area contributed by atoms with Crippen LogP contribution in [0.4, 0.5) is 5.69 Å². The Bertz CT molecular complexity index is 368. The van der Waals surface area contributed by atoms with E-state index in [1.54, 1.807) is 6.07 Å². The Labute approximate surface area is 110 Å². The highest BCUT2D eigenvalue weighted by Gasteiger charge is 2.03. The molecule has 0 aliphatic heterocycles. The fourth-order valence-corrected chi connectivity index (χ4v) is 1.76. The molecule has 1 aromatic carbocycles. The zero-order valence-corrected chi connectivity index (χ0v) is 11.6. The van der Waals surface area contributed by atoms with Gasteiger partial charge < -0.3 is 5.32 Å². The molecule has 0 unspecified atom stereocenters. The number of hydrogen-bond donors (Lipinski definition) is 1. The van der Waals surface area contributed by atoms with E-state index in [-0.39, 0.29) is 5.91 Å². The quantitative estimate of drug-likeness (QED) is 0.790. The predicted octanol–water partition coefficient (Wildman–Crippen LogP) is 4.62. The standard InChI is InChI=1S/C12H15BrClNO/c1-2-3-4-5-12(16)15-9-6-7-10(13)11(14)8-9/h6-8H,2-5H2,1H3,(H,15,16). The molecule has 2 nitrogen and oxygen atoms in total. The predicted molar refractivity (Wildman–Crippen MR) is 71.9 cm³/mol. The number of nitrogens with one attached hydrogen (secondary N) is 1. The molecule has 0 spiro atoms. The zero-order valence-electron chi connectivity index (χ0n) is 9.22. The maximum absolute atomic E-state index is 11.5. The monoisotopic (exact) mass is 303 g/mol. The van der Waals surface area contributed by atoms with E-state index in [1.165, 1.54) is 0 Å². The van der Waals surface area contributed by atoms with Crippen LogP contribution in [0.3, 0.4) is 0 Å². The van der Waals surface area contributed by atoms with E-state index in [0.29, 0.717) is 11.4 Å². The van der Waals surface area contributed by atoms with Crippen molar-refractivity contribution in [2.75, 3.05) is 5.32 Å². The van der Waals surface area contributed by atoms with Gasteiger partial charge in [0.15, 0.2) is 0 Å². The van der Waals surface area contributed by atoms with E-state index in [1.807, 2.05) is 12.1 Å². The molecule has 0 bridgehead atoms. The summed E-state index contributed by atoms with van der Waals surface area (Å²) in [4.78, 5) is 11.5. The Kier molecular flexibility index (Phi) is 5.85. The molecule has 1 N–H and O–H groups in total. The van der Waals surface area contributed by atoms with Crippen LogP contribution < -0.4 is 5.32 Å². The van der Waals surface area contributed by atoms with Crippen molar-refractivity contribution >= 4 is 39.1 Å². The maximum atomic E-state index is 11.5. The summed E-state index contributed by atoms with van der Waals surface area (Å²) in [6, 6.07) is 5.39. The first-order chi connectivity index (χ1) is 7.63. The van der Waals surface area contributed by atoms with Crippen LogP contribution in [0.15, 0.2) is 22.7 Å². The van der Waals surface area contributed by atoms with E-state index >= 15 is 0 Å². The van der Waals surface area contributed by atoms with Crippen LogP contribution in [0.5, 0.6) is 0 Å². The lowest BCUT2D eigenvalue weighted by atomic mass is 10.2. The van der Waals surface area contributed by atoms with Gasteiger partial charge in [-0.1, -0.05) is 31.4 Å². The number of unbranched alkanes of at least 4 members (excludes halogenated alkanes) is 2. The number of benzene rings is 1. The lowest BCUT2D eigenvalue weighted by Gasteiger charge is -2.06. The Morgan fingerprint density at radius 1 is 1.44 bits per heavy atom. The van der Waals surface area contributed by atoms with E-state index in [0.717, 1.165) is 29.4 Å². The van der Waals surface area contributed by atoms with Crippen LogP contribution in [0.2, 0.25) is 5.02 Å². The summed E-state index contributed by atoms with van der Waals surface area (Å²) >= 11 is 9.23. The fourth-order valence-electron chi connectivity index (χ4n) is 1.33. The first kappa shape index (κ1) is 13.5. The molecule has 0 aliphatic rings. The maximum Gasteiger partial charge on any atom is 0.224 e. The van der Waals surface area contributed by atoms with Crippen LogP contribution in [0, 0.1) is 0 Å². The molecule has 16 heavy (non-hydrogen) atoms. The lowest BCUT2D eigenvalue weighted by Crippen LogP contribution is -2.10. The second kappa shape index (κ2) is 6.92. The van der Waals surface area contributed by atoms with Gasteiger partial charge in [-0.25, -0.2) is 0 Å². The topological polar surface area (TPSA) is 29.1 Å². The van der Waals surface area contributed by atoms with Gasteiger partial charge in [-0.15, -0.1) is 0 Å². The minimum Gasteiger partial charge on any atom is -0.326 e. The molecular formula is C12H15BrClNO. The summed E-state index contributed by atoms with van der Waals surface area (Å²) in [5, 5.41) is 3.43. The Morgan fingerprint density at radius 2 is 2.19 bits per heavy atom. The second-order valence-electron chi connectivity index (χ2n) is 3.63. The van der Waals surface area contributed by atoms with Crippen molar-refractivity contribution in [2.24, 2.45) is 0 Å². The number of carbonyl (C=O) groups excluding carboxylic acids is 1. The zero-order chi connectivity index (χ0) is 12.0. The Morgan fingerprint density at radius 3 is 2.81 bits per heavy atom. The normalized spacial score (nSPS) is 10.2. The first-order valence-corrected chi connectivity index (χ1v) is 6.55. The number of anilines is 1. The average molecular weight is 305 g/mol. The first-order valence-electron chi connectivity index (χ1n) is 5.38. The number of hydrogen-bond acceptors (Lipinski definition) is 1. The largest absolute Gasteiger partial charge is 0.326 e. The van der Waals surface area contributed by atoms with Crippen molar-refractivity contribution < 1.29 is 4.79 Å². The molecule has 0 radical (unpaired) electrons. The van der Waals surface area contributed by atoms with Crippen LogP contribution in [-0.2, 0) is 4.79 Å². The van der Waals surface area contributed by atoms with Gasteiger partial charge in [-0.2, -0.15) is 0 Å². The fraction of sp³-hybridized carbons (Fsp3) is 0.417. The molecule has 0 fully saturated rings. The van der Waals surface area contributed by atoms with Gasteiger partial charge in [0.1, 0.15) is 0 Å². The van der Waals surface area contributed by atoms with E-state index < -0.39 is 0 Å². The van der Waals surface area contributed by atoms with Gasteiger partial charge in [-0.3, -0.25) is 4.79 Å². The third-order valence-electron chi connectivity index (χ3n) is 2.21. The smallest absolute Gasteiger partial charge is 0.224 e. The summed E-state index contributed by atoms with van der Waals surface area (Å²) in [5.41, 5.74) is 0.745. The molecule has 1 rings (SSSR count). The summed E-state index contributed by atoms with van der Waals surface area (Å²) < 4.78 is 0.832. The molecule has 88 valence electrons. The van der Waals surface area contributed by atoms with Crippen molar-refractivity contribution in [1.82, 2.24) is 0 Å². The minimum absolute atomic E-state index is 0.0480. The number of halogens is 2. The Hall–Kier alpha value is -0.540. The SMILES string of the molecule is CCCCCC(=O)Nc1ccc(Br)c(Cl)c1. The molecule has 0 aromatic heterocycles. The number of carbonyl (C=O) groups is 1. The molecule has 0 aliphatic carbocycles. The summed E-state index contributed by atoms with van der Waals surface area (Å²) in [5.74, 6) is 0.0480. The molecule has 1 amide bonds. The molecule has 1 aromatic rings. The van der Waals surface area contributed by atoms with Crippen molar-refractivity contribution in [1.29, 1.82) is 0 Å². The van der Waals surface area contributed by atoms with Gasteiger partial charge >= 0.3 is 0 Å². The molecule has 0 saturated carbocycles. The van der Waals surface area contributed by atoms with Crippen LogP contribution in [0.25, 0.3) is 0 Å². The summed E-state index contributed by atoms with van der Waals surface area (Å²) in [6.07, 6.45) is 3.72.